The van der Waals surface area contributed by atoms with E-state index < -0.39 is 0 Å². The standard InChI is InChI=1S/C19H22N4O2S2/c1-15(24)21-9-11-22(12-10-21)19(26)27-14-17-7-8-20-23(18(17)25)13-16-5-3-2-4-6-16/h2-8H,9-14H2,1H3. The van der Waals surface area contributed by atoms with Gasteiger partial charge < -0.3 is 9.80 Å². The zero-order valence-corrected chi connectivity index (χ0v) is 16.8. The SMILES string of the molecule is CC(=O)N1CCN(C(=S)SCc2ccnn(Cc3ccccc3)c2=O)CC1. The summed E-state index contributed by atoms with van der Waals surface area (Å²) in [5.41, 5.74) is 1.64. The minimum absolute atomic E-state index is 0.0851. The fourth-order valence-electron chi connectivity index (χ4n) is 2.91. The van der Waals surface area contributed by atoms with Gasteiger partial charge in [-0.3, -0.25) is 9.59 Å². The molecule has 0 saturated carbocycles. The molecule has 1 aromatic heterocycles. The van der Waals surface area contributed by atoms with Gasteiger partial charge in [-0.15, -0.1) is 0 Å². The molecule has 1 aromatic carbocycles. The molecule has 1 aliphatic rings. The minimum atomic E-state index is -0.0851. The molecule has 27 heavy (non-hydrogen) atoms. The van der Waals surface area contributed by atoms with Gasteiger partial charge in [0.25, 0.3) is 5.56 Å². The zero-order valence-electron chi connectivity index (χ0n) is 15.2. The molecule has 1 saturated heterocycles. The Morgan fingerprint density at radius 3 is 2.44 bits per heavy atom. The van der Waals surface area contributed by atoms with E-state index in [0.29, 0.717) is 31.0 Å². The van der Waals surface area contributed by atoms with Crippen LogP contribution in [0, 0.1) is 0 Å². The predicted octanol–water partition coefficient (Wildman–Crippen LogP) is 1.97. The number of benzene rings is 1. The molecule has 1 aliphatic heterocycles. The first-order chi connectivity index (χ1) is 13.0. The van der Waals surface area contributed by atoms with Crippen molar-refractivity contribution >= 4 is 34.2 Å². The summed E-state index contributed by atoms with van der Waals surface area (Å²) in [6.07, 6.45) is 1.66. The zero-order chi connectivity index (χ0) is 19.2. The minimum Gasteiger partial charge on any atom is -0.354 e. The highest BCUT2D eigenvalue weighted by molar-refractivity contribution is 8.22. The van der Waals surface area contributed by atoms with Gasteiger partial charge in [0.2, 0.25) is 5.91 Å². The van der Waals surface area contributed by atoms with Gasteiger partial charge in [-0.2, -0.15) is 5.10 Å². The molecule has 1 amide bonds. The Morgan fingerprint density at radius 2 is 1.78 bits per heavy atom. The highest BCUT2D eigenvalue weighted by Crippen LogP contribution is 2.16. The van der Waals surface area contributed by atoms with Crippen molar-refractivity contribution in [2.45, 2.75) is 19.2 Å². The second-order valence-corrected chi connectivity index (χ2v) is 7.96. The number of carbonyl (C=O) groups excluding carboxylic acids is 1. The van der Waals surface area contributed by atoms with E-state index in [0.717, 1.165) is 23.0 Å². The van der Waals surface area contributed by atoms with E-state index >= 15 is 0 Å². The van der Waals surface area contributed by atoms with Crippen molar-refractivity contribution in [1.29, 1.82) is 0 Å². The van der Waals surface area contributed by atoms with Crippen LogP contribution in [0.25, 0.3) is 0 Å². The molecule has 0 bridgehead atoms. The van der Waals surface area contributed by atoms with Gasteiger partial charge in [0, 0.05) is 50.6 Å². The number of carbonyl (C=O) groups is 1. The number of piperazine rings is 1. The number of hydrogen-bond acceptors (Lipinski definition) is 5. The van der Waals surface area contributed by atoms with Crippen LogP contribution < -0.4 is 5.56 Å². The molecular formula is C19H22N4O2S2. The van der Waals surface area contributed by atoms with Crippen LogP contribution in [0.2, 0.25) is 0 Å². The summed E-state index contributed by atoms with van der Waals surface area (Å²) in [6.45, 7) is 4.90. The highest BCUT2D eigenvalue weighted by Gasteiger charge is 2.20. The van der Waals surface area contributed by atoms with Crippen LogP contribution in [0.15, 0.2) is 47.4 Å². The van der Waals surface area contributed by atoms with E-state index in [1.54, 1.807) is 19.2 Å². The van der Waals surface area contributed by atoms with Gasteiger partial charge >= 0.3 is 0 Å². The van der Waals surface area contributed by atoms with Gasteiger partial charge in [-0.05, 0) is 11.6 Å². The fourth-order valence-corrected chi connectivity index (χ4v) is 4.13. The lowest BCUT2D eigenvalue weighted by Crippen LogP contribution is -2.49. The van der Waals surface area contributed by atoms with E-state index in [2.05, 4.69) is 10.00 Å². The van der Waals surface area contributed by atoms with E-state index in [-0.39, 0.29) is 11.5 Å². The molecule has 0 N–H and O–H groups in total. The van der Waals surface area contributed by atoms with Gasteiger partial charge in [-0.25, -0.2) is 4.68 Å². The number of thioether (sulfide) groups is 1. The van der Waals surface area contributed by atoms with Crippen molar-refractivity contribution < 1.29 is 4.79 Å². The number of rotatable bonds is 4. The maximum Gasteiger partial charge on any atom is 0.271 e. The largest absolute Gasteiger partial charge is 0.354 e. The number of amides is 1. The molecule has 0 spiro atoms. The van der Waals surface area contributed by atoms with Gasteiger partial charge in [0.05, 0.1) is 6.54 Å². The van der Waals surface area contributed by atoms with Crippen LogP contribution in [-0.4, -0.2) is 56.0 Å². The lowest BCUT2D eigenvalue weighted by molar-refractivity contribution is -0.130. The first kappa shape index (κ1) is 19.6. The topological polar surface area (TPSA) is 58.4 Å². The molecule has 142 valence electrons. The molecule has 2 aromatic rings. The van der Waals surface area contributed by atoms with E-state index in [1.807, 2.05) is 35.2 Å². The Morgan fingerprint density at radius 1 is 1.11 bits per heavy atom. The maximum absolute atomic E-state index is 12.7. The van der Waals surface area contributed by atoms with Crippen LogP contribution in [-0.2, 0) is 17.1 Å². The van der Waals surface area contributed by atoms with Crippen molar-refractivity contribution in [3.05, 3.63) is 64.1 Å². The number of nitrogens with zero attached hydrogens (tertiary/aromatic N) is 4. The average molecular weight is 403 g/mol. The second kappa shape index (κ2) is 9.14. The summed E-state index contributed by atoms with van der Waals surface area (Å²) in [7, 11) is 0. The summed E-state index contributed by atoms with van der Waals surface area (Å²) in [4.78, 5) is 28.0. The maximum atomic E-state index is 12.7. The van der Waals surface area contributed by atoms with Crippen molar-refractivity contribution in [2.75, 3.05) is 26.2 Å². The molecule has 0 atom stereocenters. The monoisotopic (exact) mass is 402 g/mol. The Bertz CT molecular complexity index is 862. The Labute approximate surface area is 168 Å². The average Bonchev–Trinajstić information content (AvgIpc) is 2.69. The Kier molecular flexibility index (Phi) is 6.63. The summed E-state index contributed by atoms with van der Waals surface area (Å²) < 4.78 is 2.25. The Hall–Kier alpha value is -2.19. The van der Waals surface area contributed by atoms with Crippen LogP contribution in [0.5, 0.6) is 0 Å². The molecule has 0 aliphatic carbocycles. The van der Waals surface area contributed by atoms with Crippen molar-refractivity contribution in [1.82, 2.24) is 19.6 Å². The van der Waals surface area contributed by atoms with E-state index in [4.69, 9.17) is 12.2 Å². The van der Waals surface area contributed by atoms with Gasteiger partial charge in [-0.1, -0.05) is 54.3 Å². The van der Waals surface area contributed by atoms with Crippen LogP contribution in [0.4, 0.5) is 0 Å². The quantitative estimate of drug-likeness (QED) is 0.729. The third-order valence-electron chi connectivity index (χ3n) is 4.50. The predicted molar refractivity (Wildman–Crippen MR) is 112 cm³/mol. The lowest BCUT2D eigenvalue weighted by atomic mass is 10.2. The van der Waals surface area contributed by atoms with Crippen LogP contribution in [0.3, 0.4) is 0 Å². The van der Waals surface area contributed by atoms with E-state index in [9.17, 15) is 9.59 Å². The highest BCUT2D eigenvalue weighted by atomic mass is 32.2. The molecule has 0 unspecified atom stereocenters. The van der Waals surface area contributed by atoms with Crippen molar-refractivity contribution in [3.63, 3.8) is 0 Å². The summed E-state index contributed by atoms with van der Waals surface area (Å²) in [5.74, 6) is 0.617. The molecular weight excluding hydrogens is 380 g/mol. The first-order valence-electron chi connectivity index (χ1n) is 8.81. The number of hydrogen-bond donors (Lipinski definition) is 0. The molecule has 8 heteroatoms. The normalized spacial score (nSPS) is 14.3. The smallest absolute Gasteiger partial charge is 0.271 e. The fraction of sp³-hybridized carbons (Fsp3) is 0.368. The van der Waals surface area contributed by atoms with Crippen LogP contribution in [0.1, 0.15) is 18.1 Å². The summed E-state index contributed by atoms with van der Waals surface area (Å²) in [6, 6.07) is 11.6. The lowest BCUT2D eigenvalue weighted by Gasteiger charge is -2.35. The van der Waals surface area contributed by atoms with Crippen molar-refractivity contribution in [3.8, 4) is 0 Å². The molecule has 1 fully saturated rings. The summed E-state index contributed by atoms with van der Waals surface area (Å²) in [5, 5.41) is 4.19. The number of aromatic nitrogens is 2. The van der Waals surface area contributed by atoms with Crippen LogP contribution >= 0.6 is 24.0 Å². The molecule has 0 radical (unpaired) electrons. The molecule has 3 rings (SSSR count). The first-order valence-corrected chi connectivity index (χ1v) is 10.2. The number of thiocarbonyl (C=S) groups is 1. The molecule has 2 heterocycles. The molecule has 6 nitrogen and oxygen atoms in total. The third-order valence-corrected chi connectivity index (χ3v) is 6.07. The second-order valence-electron chi connectivity index (χ2n) is 6.35. The van der Waals surface area contributed by atoms with Gasteiger partial charge in [0.15, 0.2) is 0 Å². The Balaban J connectivity index is 1.58. The van der Waals surface area contributed by atoms with Crippen molar-refractivity contribution in [2.24, 2.45) is 0 Å². The van der Waals surface area contributed by atoms with Gasteiger partial charge in [0.1, 0.15) is 4.32 Å². The van der Waals surface area contributed by atoms with E-state index in [1.165, 1.54) is 16.4 Å². The summed E-state index contributed by atoms with van der Waals surface area (Å²) >= 11 is 7.01. The third kappa shape index (κ3) is 5.17.